The SMILES string of the molecule is CCCNC1CCC(C)(c2cccs2)C1. The Morgan fingerprint density at radius 2 is 2.47 bits per heavy atom. The Kier molecular flexibility index (Phi) is 3.47. The van der Waals surface area contributed by atoms with Gasteiger partial charge in [-0.15, -0.1) is 11.3 Å². The summed E-state index contributed by atoms with van der Waals surface area (Å²) < 4.78 is 0. The molecule has 1 aliphatic rings. The van der Waals surface area contributed by atoms with Gasteiger partial charge in [0.05, 0.1) is 0 Å². The summed E-state index contributed by atoms with van der Waals surface area (Å²) >= 11 is 1.92. The standard InChI is InChI=1S/C13H21NS/c1-3-8-14-11-6-7-13(2,10-11)12-5-4-9-15-12/h4-5,9,11,14H,3,6-8,10H2,1-2H3. The molecule has 1 aromatic rings. The molecule has 0 spiro atoms. The Morgan fingerprint density at radius 1 is 1.60 bits per heavy atom. The summed E-state index contributed by atoms with van der Waals surface area (Å²) in [5.74, 6) is 0. The van der Waals surface area contributed by atoms with Crippen molar-refractivity contribution in [3.63, 3.8) is 0 Å². The van der Waals surface area contributed by atoms with E-state index in [-0.39, 0.29) is 0 Å². The van der Waals surface area contributed by atoms with Crippen LogP contribution in [-0.4, -0.2) is 12.6 Å². The number of hydrogen-bond donors (Lipinski definition) is 1. The normalized spacial score (nSPS) is 30.9. The van der Waals surface area contributed by atoms with Crippen molar-refractivity contribution < 1.29 is 0 Å². The molecule has 1 saturated carbocycles. The summed E-state index contributed by atoms with van der Waals surface area (Å²) in [4.78, 5) is 1.57. The zero-order valence-electron chi connectivity index (χ0n) is 9.75. The highest BCUT2D eigenvalue weighted by molar-refractivity contribution is 7.10. The molecule has 1 fully saturated rings. The third-order valence-electron chi connectivity index (χ3n) is 3.54. The minimum absolute atomic E-state index is 0.444. The summed E-state index contributed by atoms with van der Waals surface area (Å²) in [6.45, 7) is 5.83. The summed E-state index contributed by atoms with van der Waals surface area (Å²) in [5.41, 5.74) is 0.444. The first-order valence-corrected chi connectivity index (χ1v) is 6.90. The van der Waals surface area contributed by atoms with Crippen LogP contribution in [0.15, 0.2) is 17.5 Å². The van der Waals surface area contributed by atoms with Crippen molar-refractivity contribution in [2.75, 3.05) is 6.54 Å². The van der Waals surface area contributed by atoms with Crippen molar-refractivity contribution in [2.24, 2.45) is 0 Å². The van der Waals surface area contributed by atoms with Gasteiger partial charge in [-0.25, -0.2) is 0 Å². The molecule has 2 heteroatoms. The molecule has 0 amide bonds. The van der Waals surface area contributed by atoms with E-state index >= 15 is 0 Å². The van der Waals surface area contributed by atoms with Crippen LogP contribution in [0.1, 0.15) is 44.4 Å². The second-order valence-corrected chi connectivity index (χ2v) is 5.88. The first kappa shape index (κ1) is 11.2. The van der Waals surface area contributed by atoms with Crippen molar-refractivity contribution in [3.05, 3.63) is 22.4 Å². The fourth-order valence-corrected chi connectivity index (χ4v) is 3.54. The fourth-order valence-electron chi connectivity index (χ4n) is 2.61. The molecule has 1 nitrogen and oxygen atoms in total. The third-order valence-corrected chi connectivity index (χ3v) is 4.72. The molecule has 1 aromatic heterocycles. The maximum Gasteiger partial charge on any atom is 0.0105 e. The molecule has 0 saturated heterocycles. The largest absolute Gasteiger partial charge is 0.314 e. The topological polar surface area (TPSA) is 12.0 Å². The summed E-state index contributed by atoms with van der Waals surface area (Å²) in [6, 6.07) is 5.22. The van der Waals surface area contributed by atoms with Crippen LogP contribution < -0.4 is 5.32 Å². The molecule has 1 aliphatic carbocycles. The van der Waals surface area contributed by atoms with E-state index < -0.39 is 0 Å². The lowest BCUT2D eigenvalue weighted by Gasteiger charge is -2.22. The average Bonchev–Trinajstić information content (AvgIpc) is 2.84. The van der Waals surface area contributed by atoms with Crippen molar-refractivity contribution in [3.8, 4) is 0 Å². The molecule has 0 aliphatic heterocycles. The van der Waals surface area contributed by atoms with E-state index in [9.17, 15) is 0 Å². The van der Waals surface area contributed by atoms with Gasteiger partial charge in [-0.1, -0.05) is 19.9 Å². The second kappa shape index (κ2) is 4.67. The lowest BCUT2D eigenvalue weighted by Crippen LogP contribution is -2.29. The second-order valence-electron chi connectivity index (χ2n) is 4.93. The fraction of sp³-hybridized carbons (Fsp3) is 0.692. The monoisotopic (exact) mass is 223 g/mol. The van der Waals surface area contributed by atoms with Crippen LogP contribution in [0.25, 0.3) is 0 Å². The van der Waals surface area contributed by atoms with Crippen LogP contribution in [0.5, 0.6) is 0 Å². The van der Waals surface area contributed by atoms with E-state index in [0.29, 0.717) is 5.41 Å². The Balaban J connectivity index is 1.96. The molecule has 0 aromatic carbocycles. The first-order chi connectivity index (χ1) is 7.24. The third kappa shape index (κ3) is 2.43. The van der Waals surface area contributed by atoms with Crippen molar-refractivity contribution >= 4 is 11.3 Å². The van der Waals surface area contributed by atoms with E-state index in [2.05, 4.69) is 36.7 Å². The predicted molar refractivity (Wildman–Crippen MR) is 67.6 cm³/mol. The minimum Gasteiger partial charge on any atom is -0.314 e. The summed E-state index contributed by atoms with van der Waals surface area (Å²) in [6.07, 6.45) is 5.24. The van der Waals surface area contributed by atoms with Gasteiger partial charge in [0.1, 0.15) is 0 Å². The molecule has 84 valence electrons. The summed E-state index contributed by atoms with van der Waals surface area (Å²) in [5, 5.41) is 5.85. The Hall–Kier alpha value is -0.340. The zero-order chi connectivity index (χ0) is 10.7. The zero-order valence-corrected chi connectivity index (χ0v) is 10.6. The lowest BCUT2D eigenvalue weighted by molar-refractivity contribution is 0.459. The minimum atomic E-state index is 0.444. The number of nitrogens with one attached hydrogen (secondary N) is 1. The Bertz CT molecular complexity index is 293. The van der Waals surface area contributed by atoms with Crippen LogP contribution >= 0.6 is 11.3 Å². The van der Waals surface area contributed by atoms with Crippen LogP contribution in [0, 0.1) is 0 Å². The van der Waals surface area contributed by atoms with Gasteiger partial charge >= 0.3 is 0 Å². The molecule has 1 N–H and O–H groups in total. The van der Waals surface area contributed by atoms with Crippen LogP contribution in [0.2, 0.25) is 0 Å². The van der Waals surface area contributed by atoms with E-state index in [1.54, 1.807) is 4.88 Å². The number of hydrogen-bond acceptors (Lipinski definition) is 2. The highest BCUT2D eigenvalue weighted by atomic mass is 32.1. The van der Waals surface area contributed by atoms with Gasteiger partial charge in [0.25, 0.3) is 0 Å². The van der Waals surface area contributed by atoms with Gasteiger partial charge in [-0.2, -0.15) is 0 Å². The van der Waals surface area contributed by atoms with Crippen LogP contribution in [0.4, 0.5) is 0 Å². The van der Waals surface area contributed by atoms with Gasteiger partial charge < -0.3 is 5.32 Å². The van der Waals surface area contributed by atoms with E-state index in [4.69, 9.17) is 0 Å². The van der Waals surface area contributed by atoms with Crippen LogP contribution in [0.3, 0.4) is 0 Å². The Labute approximate surface area is 96.9 Å². The first-order valence-electron chi connectivity index (χ1n) is 6.02. The van der Waals surface area contributed by atoms with Gasteiger partial charge in [0.15, 0.2) is 0 Å². The maximum atomic E-state index is 3.65. The molecule has 0 radical (unpaired) electrons. The van der Waals surface area contributed by atoms with Gasteiger partial charge in [-0.3, -0.25) is 0 Å². The average molecular weight is 223 g/mol. The van der Waals surface area contributed by atoms with Crippen molar-refractivity contribution in [1.82, 2.24) is 5.32 Å². The van der Waals surface area contributed by atoms with E-state index in [1.807, 2.05) is 11.3 Å². The smallest absolute Gasteiger partial charge is 0.0105 e. The van der Waals surface area contributed by atoms with Gasteiger partial charge in [-0.05, 0) is 43.7 Å². The predicted octanol–water partition coefficient (Wildman–Crippen LogP) is 3.56. The molecule has 2 rings (SSSR count). The van der Waals surface area contributed by atoms with E-state index in [0.717, 1.165) is 6.04 Å². The Morgan fingerprint density at radius 3 is 3.13 bits per heavy atom. The van der Waals surface area contributed by atoms with E-state index in [1.165, 1.54) is 32.2 Å². The quantitative estimate of drug-likeness (QED) is 0.823. The molecule has 2 unspecified atom stereocenters. The highest BCUT2D eigenvalue weighted by Crippen LogP contribution is 2.42. The molecule has 1 heterocycles. The number of rotatable bonds is 4. The van der Waals surface area contributed by atoms with Crippen molar-refractivity contribution in [2.45, 2.75) is 51.0 Å². The molecular formula is C13H21NS. The molecular weight excluding hydrogens is 202 g/mol. The maximum absolute atomic E-state index is 3.65. The lowest BCUT2D eigenvalue weighted by atomic mass is 9.87. The molecule has 2 atom stereocenters. The van der Waals surface area contributed by atoms with Gasteiger partial charge in [0.2, 0.25) is 0 Å². The molecule has 15 heavy (non-hydrogen) atoms. The summed E-state index contributed by atoms with van der Waals surface area (Å²) in [7, 11) is 0. The van der Waals surface area contributed by atoms with Gasteiger partial charge in [0, 0.05) is 16.3 Å². The van der Waals surface area contributed by atoms with Crippen molar-refractivity contribution in [1.29, 1.82) is 0 Å². The van der Waals surface area contributed by atoms with Crippen LogP contribution in [-0.2, 0) is 5.41 Å². The number of thiophene rings is 1. The molecule has 0 bridgehead atoms. The highest BCUT2D eigenvalue weighted by Gasteiger charge is 2.36.